The molecular weight excluding hydrogens is 2140 g/mol. The Morgan fingerprint density at radius 1 is 0.481 bits per heavy atom. The topological polar surface area (TPSA) is 290 Å². The number of para-hydroxylation sites is 2. The molecule has 129 heavy (non-hydrogen) atoms. The number of ether oxygens (including phenoxy) is 2. The number of aliphatic carboxylic acids is 1. The minimum absolute atomic E-state index is 0. The number of aromatic amines is 2. The second-order valence-corrected chi connectivity index (χ2v) is 29.6. The van der Waals surface area contributed by atoms with Crippen molar-refractivity contribution in [1.29, 1.82) is 1.43 Å². The van der Waals surface area contributed by atoms with Gasteiger partial charge in [-0.05, 0) is 199 Å². The van der Waals surface area contributed by atoms with E-state index < -0.39 is 5.97 Å². The molecule has 636 valence electrons. The number of hydrogen-bond acceptors (Lipinski definition) is 16. The number of fused-ring (bicyclic) bond motifs is 24. The molecule has 15 heterocycles. The summed E-state index contributed by atoms with van der Waals surface area (Å²) in [6.45, 7) is 3.18. The summed E-state index contributed by atoms with van der Waals surface area (Å²) in [7, 11) is 3.42. The molecule has 0 bridgehead atoms. The van der Waals surface area contributed by atoms with Crippen LogP contribution in [0.3, 0.4) is 0 Å². The van der Waals surface area contributed by atoms with Gasteiger partial charge in [-0.3, -0.25) is 46.7 Å². The second-order valence-electron chi connectivity index (χ2n) is 27.2. The molecule has 24 nitrogen and oxygen atoms in total. The number of aromatic nitrogens is 16. The van der Waals surface area contributed by atoms with Gasteiger partial charge in [0.25, 0.3) is 7.40 Å². The van der Waals surface area contributed by atoms with Gasteiger partial charge in [0.15, 0.2) is 5.43 Å². The number of aryl methyl sites for hydroxylation is 1. The Labute approximate surface area is 895 Å². The van der Waals surface area contributed by atoms with Gasteiger partial charge in [-0.15, -0.1) is 17.0 Å². The van der Waals surface area contributed by atoms with Crippen LogP contribution in [0.25, 0.3) is 150 Å². The summed E-state index contributed by atoms with van der Waals surface area (Å²) >= 11 is 11.3. The average Bonchev–Trinajstić information content (AvgIpc) is 1.45. The zero-order chi connectivity index (χ0) is 86.9. The standard InChI is InChI=1S/C31H19N5O.C17H11BrN2.C15H11N3O.C14H9N3O.C10H10N2.C5H3ClIN.C2H4O2.CH2F.CH2O3.2CH4.BrH.2Cs/c1-2-7-26-22(6-1)23-12-10-21(19-28(23)36(26)29-9-3-4-14-32-29)37-20-11-13-24-25(18-20)31-34-16-17-35(31)27-8-5-15-33-30(24)27;18-12-8-9-14-13-5-1-2-6-15(13)20(16(14)11-12)17-7-3-4-10-19-17;1-19-10-4-5-11-12(9-10)15-17-7-8-18(15)13-3-2-6-16-14(11)13;18-9-3-4-10-11(8-9)14-16-6-7-17(14)12-2-1-5-15-13(10)12;1-8-3-2-4-9(7-8)10-11-5-6-12-10;6-5-4(7)2-1-3-8-5;1-2(3)4;1-2;2-1-4-3;;;;;/h1-19H;1-11H;2-9H,1H3;1-8,15H;2-7H,1H3,(H,11,12);1-3H;1H3,(H,3,4);1H2;1,3H;2*1H4;1H;;/q;;;;;;;-1;;;;;2*+1/i/hD. The SMILES string of the molecule is Br.Brc1ccc2c3ccccc3n(-c3ccccn3)c2c1.C.C.CC(=O)O.COc1ccc2c(c1)c1nccn1c1cccnc21.Cc1cccc(-c2ncc[nH]2)c1.Clc1ncccc1I.O=c1ccc2c(c1)c1nccn1c1ccc[nH]c21.[2H]OOC=O.[CH2-]F.[Cs+].[Cs+].c1ccc(-n2c3ccccc3c3ccc(Oc4ccc5c(c4)c4nccn4c4cccnc54)cc32)nc1. The van der Waals surface area contributed by atoms with Crippen molar-refractivity contribution >= 4 is 206 Å². The first kappa shape index (κ1) is 99.0. The van der Waals surface area contributed by atoms with Crippen molar-refractivity contribution in [3.05, 3.63) is 372 Å². The van der Waals surface area contributed by atoms with Gasteiger partial charge in [0.2, 0.25) is 0 Å². The molecular formula is C98H80Br2ClCs2FIN16O8+. The van der Waals surface area contributed by atoms with Crippen LogP contribution in [-0.4, -0.2) is 107 Å². The van der Waals surface area contributed by atoms with Crippen LogP contribution in [0.5, 0.6) is 17.2 Å². The number of carbonyl (C=O) groups is 2. The Morgan fingerprint density at radius 2 is 0.953 bits per heavy atom. The van der Waals surface area contributed by atoms with Gasteiger partial charge in [-0.25, -0.2) is 40.1 Å². The zero-order valence-electron chi connectivity index (χ0n) is 69.5. The molecule has 0 radical (unpaired) electrons. The molecule has 0 saturated carbocycles. The number of nitrogens with one attached hydrogen (secondary N) is 2. The maximum atomic E-state index is 11.5. The quantitative estimate of drug-likeness (QED) is 0.0209. The molecule has 0 aliphatic heterocycles. The summed E-state index contributed by atoms with van der Waals surface area (Å²) < 4.78 is 39.2. The van der Waals surface area contributed by atoms with E-state index in [1.165, 1.54) is 32.8 Å². The van der Waals surface area contributed by atoms with E-state index in [1.807, 2.05) is 194 Å². The van der Waals surface area contributed by atoms with Gasteiger partial charge in [-0.2, -0.15) is 7.18 Å². The number of carboxylic acid groups (broad SMARTS) is 1. The number of methoxy groups -OCH3 is 1. The maximum absolute atomic E-state index is 11.5. The number of carboxylic acids is 1. The number of halogens is 5. The third-order valence-corrected chi connectivity index (χ3v) is 21.6. The van der Waals surface area contributed by atoms with Crippen LogP contribution in [0.2, 0.25) is 5.15 Å². The summed E-state index contributed by atoms with van der Waals surface area (Å²) in [5.41, 5.74) is 15.6. The molecule has 8 aromatic carbocycles. The van der Waals surface area contributed by atoms with E-state index in [2.05, 4.69) is 238 Å². The zero-order valence-corrected chi connectivity index (χ0v) is 87.3. The van der Waals surface area contributed by atoms with Crippen LogP contribution < -0.4 is 153 Å². The number of hydrogen-bond donors (Lipinski definition) is 4. The van der Waals surface area contributed by atoms with E-state index in [0.29, 0.717) is 5.15 Å². The average molecular weight is 2220 g/mol. The normalized spacial score (nSPS) is 10.4. The van der Waals surface area contributed by atoms with Gasteiger partial charge in [0, 0.05) is 164 Å². The monoisotopic (exact) mass is 2210 g/mol. The Morgan fingerprint density at radius 3 is 1.47 bits per heavy atom. The number of nitrogens with zero attached hydrogens (tertiary/aromatic N) is 14. The summed E-state index contributed by atoms with van der Waals surface area (Å²) in [5, 5.41) is 22.0. The van der Waals surface area contributed by atoms with Crippen molar-refractivity contribution < 1.29 is 176 Å². The van der Waals surface area contributed by atoms with Crippen molar-refractivity contribution in [2.24, 2.45) is 0 Å². The van der Waals surface area contributed by atoms with Crippen molar-refractivity contribution in [2.45, 2.75) is 28.7 Å². The number of imidazole rings is 4. The van der Waals surface area contributed by atoms with Gasteiger partial charge >= 0.3 is 144 Å². The molecule has 0 spiro atoms. The minimum atomic E-state index is -0.833. The van der Waals surface area contributed by atoms with Crippen molar-refractivity contribution in [2.75, 3.05) is 7.11 Å². The van der Waals surface area contributed by atoms with Gasteiger partial charge in [0.05, 0.1) is 65.8 Å². The molecule has 0 saturated heterocycles. The molecule has 0 atom stereocenters. The Balaban J connectivity index is 0.000000165. The van der Waals surface area contributed by atoms with Gasteiger partial charge < -0.3 is 33.8 Å². The summed E-state index contributed by atoms with van der Waals surface area (Å²) in [6, 6.07) is 82.6. The molecule has 0 fully saturated rings. The van der Waals surface area contributed by atoms with Crippen molar-refractivity contribution in [3.8, 4) is 40.3 Å². The smallest absolute Gasteiger partial charge is 0.497 e. The number of carbonyl (C=O) groups excluding carboxylic acids is 1. The number of pyridine rings is 9. The molecule has 23 aromatic rings. The van der Waals surface area contributed by atoms with Crippen LogP contribution in [0.4, 0.5) is 4.39 Å². The van der Waals surface area contributed by atoms with E-state index in [0.717, 1.165) is 154 Å². The summed E-state index contributed by atoms with van der Waals surface area (Å²) in [6.07, 6.45) is 25.6. The second kappa shape index (κ2) is 47.8. The van der Waals surface area contributed by atoms with Gasteiger partial charge in [-0.1, -0.05) is 121 Å². The Kier molecular flexibility index (Phi) is 36.7. The first-order valence-corrected chi connectivity index (χ1v) is 40.4. The molecule has 4 N–H and O–H groups in total. The molecule has 15 aromatic heterocycles. The van der Waals surface area contributed by atoms with Crippen LogP contribution >= 0.6 is 67.1 Å². The molecule has 0 aliphatic rings. The fourth-order valence-corrected chi connectivity index (χ4v) is 15.4. The predicted molar refractivity (Wildman–Crippen MR) is 522 cm³/mol. The van der Waals surface area contributed by atoms with Crippen LogP contribution in [-0.2, 0) is 14.5 Å². The molecule has 0 unspecified atom stereocenters. The molecule has 0 aliphatic carbocycles. The van der Waals surface area contributed by atoms with E-state index in [4.69, 9.17) is 37.2 Å². The summed E-state index contributed by atoms with van der Waals surface area (Å²) in [4.78, 5) is 78.8. The minimum Gasteiger partial charge on any atom is -0.497 e. The predicted octanol–water partition coefficient (Wildman–Crippen LogP) is 18.7. The first-order valence-electron chi connectivity index (χ1n) is 38.6. The maximum Gasteiger partial charge on any atom is 1.00 e. The van der Waals surface area contributed by atoms with Crippen molar-refractivity contribution in [1.82, 2.24) is 77.2 Å². The molecule has 31 heteroatoms. The number of benzene rings is 8. The van der Waals surface area contributed by atoms with E-state index in [1.54, 1.807) is 51.2 Å². The van der Waals surface area contributed by atoms with Crippen LogP contribution in [0, 0.1) is 17.7 Å². The van der Waals surface area contributed by atoms with E-state index in [-0.39, 0.29) is 182 Å². The number of H-pyrrole nitrogens is 2. The van der Waals surface area contributed by atoms with Gasteiger partial charge in [0.1, 0.15) is 56.8 Å². The third kappa shape index (κ3) is 22.7. The largest absolute Gasteiger partial charge is 1.00 e. The summed E-state index contributed by atoms with van der Waals surface area (Å²) in [5.74, 6) is 4.23. The van der Waals surface area contributed by atoms with Crippen LogP contribution in [0.1, 0.15) is 27.3 Å². The Hall–Kier alpha value is -10.6. The van der Waals surface area contributed by atoms with Crippen LogP contribution in [0.15, 0.2) is 345 Å². The first-order chi connectivity index (χ1) is 61.2. The third-order valence-electron chi connectivity index (χ3n) is 19.6. The Bertz CT molecular complexity index is 7830. The fourth-order valence-electron chi connectivity index (χ4n) is 14.6. The molecule has 23 rings (SSSR count). The van der Waals surface area contributed by atoms with Crippen molar-refractivity contribution in [3.63, 3.8) is 0 Å². The fraction of sp³-hybridized carbons (Fsp3) is 0.0510. The van der Waals surface area contributed by atoms with E-state index >= 15 is 0 Å². The van der Waals surface area contributed by atoms with E-state index in [9.17, 15) is 9.18 Å². The molecule has 0 amide bonds. The number of rotatable bonds is 8.